The van der Waals surface area contributed by atoms with Crippen LogP contribution in [0.5, 0.6) is 0 Å². The Hall–Kier alpha value is -5.24. The summed E-state index contributed by atoms with van der Waals surface area (Å²) < 4.78 is 10.4. The Balaban J connectivity index is 1.02. The molecule has 12 nitrogen and oxygen atoms in total. The average Bonchev–Trinajstić information content (AvgIpc) is 3.70. The van der Waals surface area contributed by atoms with Gasteiger partial charge in [0.15, 0.2) is 23.2 Å². The molecule has 2 atom stereocenters. The molecule has 4 saturated carbocycles. The Bertz CT molecular complexity index is 2510. The number of carboxylic acid groups (broad SMARTS) is 1. The Morgan fingerprint density at radius 3 is 2.52 bits per heavy atom. The SMILES string of the molecule is CNCCOC12CC3(C)CC(C)(CC(Cn4ncc(-c5ccc(-c6ccc7c[n+]([O-])cc(C(=O)Nc8nc9ccccc9s8)c7c6)nc5C(=O)O)c4C)(C3)C1)C2. The summed E-state index contributed by atoms with van der Waals surface area (Å²) >= 11 is 1.35. The van der Waals surface area contributed by atoms with Crippen LogP contribution in [0.25, 0.3) is 43.4 Å². The van der Waals surface area contributed by atoms with Crippen LogP contribution in [-0.4, -0.2) is 62.5 Å². The number of benzene rings is 2. The molecular weight excluding hydrogens is 727 g/mol. The van der Waals surface area contributed by atoms with E-state index in [-0.39, 0.29) is 33.1 Å². The molecule has 0 radical (unpaired) electrons. The maximum absolute atomic E-state index is 13.6. The first-order valence-corrected chi connectivity index (χ1v) is 20.0. The highest BCUT2D eigenvalue weighted by atomic mass is 32.1. The average molecular weight is 772 g/mol. The molecule has 13 heteroatoms. The minimum absolute atomic E-state index is 0.0370. The summed E-state index contributed by atoms with van der Waals surface area (Å²) in [5, 5.41) is 35.5. The molecule has 4 bridgehead atoms. The number of carboxylic acids is 1. The molecule has 10 rings (SSSR count). The molecule has 4 aliphatic carbocycles. The number of para-hydroxylation sites is 1. The van der Waals surface area contributed by atoms with Gasteiger partial charge in [-0.1, -0.05) is 43.4 Å². The second kappa shape index (κ2) is 13.2. The number of likely N-dealkylation sites (N-methyl/N-ethyl adjacent to an activating group) is 1. The summed E-state index contributed by atoms with van der Waals surface area (Å²) in [4.78, 5) is 35.6. The van der Waals surface area contributed by atoms with Crippen LogP contribution >= 0.6 is 11.3 Å². The van der Waals surface area contributed by atoms with Crippen LogP contribution < -0.4 is 15.4 Å². The van der Waals surface area contributed by atoms with E-state index in [9.17, 15) is 19.9 Å². The third-order valence-electron chi connectivity index (χ3n) is 12.3. The van der Waals surface area contributed by atoms with E-state index in [0.29, 0.717) is 44.1 Å². The second-order valence-corrected chi connectivity index (χ2v) is 18.3. The van der Waals surface area contributed by atoms with E-state index in [1.54, 1.807) is 36.5 Å². The fourth-order valence-corrected chi connectivity index (χ4v) is 12.3. The molecule has 2 aromatic carbocycles. The Kier molecular flexibility index (Phi) is 8.56. The number of nitrogens with zero attached hydrogens (tertiary/aromatic N) is 5. The van der Waals surface area contributed by atoms with Crippen molar-refractivity contribution in [2.45, 2.75) is 71.4 Å². The number of anilines is 1. The van der Waals surface area contributed by atoms with Gasteiger partial charge in [0, 0.05) is 46.2 Å². The van der Waals surface area contributed by atoms with Gasteiger partial charge in [0.05, 0.1) is 34.3 Å². The van der Waals surface area contributed by atoms with Crippen molar-refractivity contribution in [2.75, 3.05) is 25.5 Å². The van der Waals surface area contributed by atoms with Crippen molar-refractivity contribution in [3.63, 3.8) is 0 Å². The highest BCUT2D eigenvalue weighted by molar-refractivity contribution is 7.22. The van der Waals surface area contributed by atoms with Gasteiger partial charge in [0.2, 0.25) is 0 Å². The normalized spacial score (nSPS) is 25.3. The van der Waals surface area contributed by atoms with Gasteiger partial charge < -0.3 is 20.4 Å². The first-order valence-electron chi connectivity index (χ1n) is 19.2. The minimum atomic E-state index is -1.15. The van der Waals surface area contributed by atoms with E-state index < -0.39 is 11.9 Å². The number of hydrogen-bond acceptors (Lipinski definition) is 9. The lowest BCUT2D eigenvalue weighted by Crippen LogP contribution is -2.64. The molecule has 4 aromatic heterocycles. The summed E-state index contributed by atoms with van der Waals surface area (Å²) in [6.07, 6.45) is 11.1. The van der Waals surface area contributed by atoms with Crippen LogP contribution in [0.4, 0.5) is 5.13 Å². The van der Waals surface area contributed by atoms with Crippen LogP contribution in [0.15, 0.2) is 73.2 Å². The summed E-state index contributed by atoms with van der Waals surface area (Å²) in [7, 11) is 1.96. The lowest BCUT2D eigenvalue weighted by Gasteiger charge is -2.69. The van der Waals surface area contributed by atoms with Crippen LogP contribution in [0.1, 0.15) is 78.9 Å². The number of aromatic nitrogens is 5. The molecule has 56 heavy (non-hydrogen) atoms. The van der Waals surface area contributed by atoms with Crippen molar-refractivity contribution < 1.29 is 24.2 Å². The third-order valence-corrected chi connectivity index (χ3v) is 13.3. The molecule has 2 unspecified atom stereocenters. The van der Waals surface area contributed by atoms with Crippen LogP contribution in [0.3, 0.4) is 0 Å². The van der Waals surface area contributed by atoms with E-state index >= 15 is 0 Å². The van der Waals surface area contributed by atoms with Crippen molar-refractivity contribution in [2.24, 2.45) is 16.2 Å². The highest BCUT2D eigenvalue weighted by Crippen LogP contribution is 2.72. The first-order chi connectivity index (χ1) is 26.8. The Morgan fingerprint density at radius 2 is 1.77 bits per heavy atom. The predicted molar refractivity (Wildman–Crippen MR) is 216 cm³/mol. The van der Waals surface area contributed by atoms with E-state index in [0.717, 1.165) is 66.7 Å². The van der Waals surface area contributed by atoms with Gasteiger partial charge in [0.1, 0.15) is 5.56 Å². The number of nitrogens with one attached hydrogen (secondary N) is 2. The standard InChI is InChI=1S/C43H45N7O5S/c1-26-31(16-45-50(26)25-42-20-40(2)19-41(3,21-42)23-43(22-40,24-42)55-14-13-44-4)29-11-12-33(46-36(29)38(52)53)27-9-10-28-17-49(54)18-32(30(28)15-27)37(51)48-39-47-34-7-5-6-8-35(34)56-39/h5-12,15-18,44H,13-14,19-25H2,1-4H3,(H,52,53)(H,47,48,51). The zero-order chi connectivity index (χ0) is 39.0. The van der Waals surface area contributed by atoms with E-state index in [1.807, 2.05) is 38.2 Å². The molecular formula is C43H45N7O5S. The number of fused-ring (bicyclic) bond motifs is 2. The number of carbonyl (C=O) groups excluding carboxylic acids is 1. The molecule has 4 fully saturated rings. The number of amides is 1. The van der Waals surface area contributed by atoms with Crippen LogP contribution in [-0.2, 0) is 11.3 Å². The predicted octanol–water partition coefficient (Wildman–Crippen LogP) is 7.62. The van der Waals surface area contributed by atoms with Crippen molar-refractivity contribution >= 4 is 49.3 Å². The number of ether oxygens (including phenoxy) is 1. The second-order valence-electron chi connectivity index (χ2n) is 17.3. The molecule has 4 heterocycles. The lowest BCUT2D eigenvalue weighted by atomic mass is 9.39. The van der Waals surface area contributed by atoms with Gasteiger partial charge in [-0.15, -0.1) is 0 Å². The van der Waals surface area contributed by atoms with E-state index in [2.05, 4.69) is 39.1 Å². The molecule has 0 spiro atoms. The van der Waals surface area contributed by atoms with Gasteiger partial charge in [-0.3, -0.25) is 14.8 Å². The molecule has 0 aliphatic heterocycles. The van der Waals surface area contributed by atoms with E-state index in [1.165, 1.54) is 30.2 Å². The quantitative estimate of drug-likeness (QED) is 0.0685. The molecule has 288 valence electrons. The van der Waals surface area contributed by atoms with Gasteiger partial charge in [-0.25, -0.2) is 14.8 Å². The number of aromatic carboxylic acids is 1. The zero-order valence-corrected chi connectivity index (χ0v) is 32.8. The van der Waals surface area contributed by atoms with Crippen LogP contribution in [0.2, 0.25) is 0 Å². The molecule has 1 amide bonds. The number of rotatable bonds is 11. The van der Waals surface area contributed by atoms with Gasteiger partial charge in [0.25, 0.3) is 5.91 Å². The largest absolute Gasteiger partial charge is 0.619 e. The monoisotopic (exact) mass is 771 g/mol. The summed E-state index contributed by atoms with van der Waals surface area (Å²) in [5.74, 6) is -1.63. The van der Waals surface area contributed by atoms with Gasteiger partial charge >= 0.3 is 5.97 Å². The summed E-state index contributed by atoms with van der Waals surface area (Å²) in [5.41, 5.74) is 4.32. The third kappa shape index (κ3) is 6.41. The number of thiazole rings is 1. The highest BCUT2D eigenvalue weighted by Gasteiger charge is 2.66. The molecule has 0 saturated heterocycles. The summed E-state index contributed by atoms with van der Waals surface area (Å²) in [6, 6.07) is 16.4. The minimum Gasteiger partial charge on any atom is -0.619 e. The van der Waals surface area contributed by atoms with Gasteiger partial charge in [-0.05, 0) is 105 Å². The van der Waals surface area contributed by atoms with Crippen molar-refractivity contribution in [1.82, 2.24) is 25.1 Å². The summed E-state index contributed by atoms with van der Waals surface area (Å²) in [6.45, 7) is 9.18. The molecule has 6 aromatic rings. The van der Waals surface area contributed by atoms with E-state index in [4.69, 9.17) is 9.84 Å². The maximum atomic E-state index is 13.6. The number of carbonyl (C=O) groups is 2. The first kappa shape index (κ1) is 36.4. The number of hydrogen-bond donors (Lipinski definition) is 3. The fraction of sp³-hybridized carbons (Fsp3) is 0.395. The van der Waals surface area contributed by atoms with Crippen molar-refractivity contribution in [1.29, 1.82) is 0 Å². The fourth-order valence-electron chi connectivity index (χ4n) is 11.4. The molecule has 4 aliphatic rings. The zero-order valence-electron chi connectivity index (χ0n) is 32.0. The van der Waals surface area contributed by atoms with Gasteiger partial charge in [-0.2, -0.15) is 9.83 Å². The van der Waals surface area contributed by atoms with Crippen LogP contribution in [0, 0.1) is 28.4 Å². The Labute approximate surface area is 328 Å². The number of pyridine rings is 2. The van der Waals surface area contributed by atoms with Crippen molar-refractivity contribution in [3.05, 3.63) is 95.3 Å². The molecule has 3 N–H and O–H groups in total. The Morgan fingerprint density at radius 1 is 0.982 bits per heavy atom. The maximum Gasteiger partial charge on any atom is 0.355 e. The lowest BCUT2D eigenvalue weighted by molar-refractivity contribution is -0.604. The smallest absolute Gasteiger partial charge is 0.355 e. The van der Waals surface area contributed by atoms with Crippen molar-refractivity contribution in [3.8, 4) is 22.4 Å². The topological polar surface area (TPSA) is 158 Å².